The lowest BCUT2D eigenvalue weighted by Crippen LogP contribution is -2.34. The molecule has 0 saturated carbocycles. The topological polar surface area (TPSA) is 50.8 Å². The first-order valence-electron chi connectivity index (χ1n) is 9.24. The maximum absolute atomic E-state index is 12.8. The summed E-state index contributed by atoms with van der Waals surface area (Å²) < 4.78 is 11.5. The normalized spacial score (nSPS) is 19.1. The number of ether oxygens (including phenoxy) is 2. The molecule has 2 aliphatic heterocycles. The van der Waals surface area contributed by atoms with Crippen molar-refractivity contribution in [2.75, 3.05) is 25.1 Å². The number of aryl methyl sites for hydroxylation is 1. The molecule has 2 aromatic rings. The van der Waals surface area contributed by atoms with E-state index in [-0.39, 0.29) is 12.1 Å². The van der Waals surface area contributed by atoms with Crippen LogP contribution >= 0.6 is 0 Å². The highest BCUT2D eigenvalue weighted by molar-refractivity contribution is 5.90. The van der Waals surface area contributed by atoms with E-state index in [2.05, 4.69) is 11.4 Å². The Balaban J connectivity index is 1.53. The van der Waals surface area contributed by atoms with Gasteiger partial charge in [0.2, 0.25) is 0 Å². The summed E-state index contributed by atoms with van der Waals surface area (Å²) in [4.78, 5) is 14.7. The van der Waals surface area contributed by atoms with Crippen LogP contribution in [0.3, 0.4) is 0 Å². The van der Waals surface area contributed by atoms with E-state index < -0.39 is 0 Å². The molecule has 5 heteroatoms. The Bertz CT molecular complexity index is 806. The van der Waals surface area contributed by atoms with Crippen LogP contribution in [0.5, 0.6) is 11.5 Å². The monoisotopic (exact) mass is 352 g/mol. The summed E-state index contributed by atoms with van der Waals surface area (Å²) in [7, 11) is 0. The second-order valence-electron chi connectivity index (χ2n) is 6.91. The number of anilines is 1. The zero-order valence-corrected chi connectivity index (χ0v) is 15.0. The van der Waals surface area contributed by atoms with Crippen LogP contribution in [0.2, 0.25) is 0 Å². The van der Waals surface area contributed by atoms with Crippen LogP contribution in [0.4, 0.5) is 10.5 Å². The minimum Gasteiger partial charge on any atom is -0.490 e. The van der Waals surface area contributed by atoms with E-state index in [1.165, 1.54) is 0 Å². The molecule has 136 valence electrons. The summed E-state index contributed by atoms with van der Waals surface area (Å²) in [6, 6.07) is 13.9. The van der Waals surface area contributed by atoms with Crippen LogP contribution in [-0.4, -0.2) is 30.7 Å². The van der Waals surface area contributed by atoms with Gasteiger partial charge in [-0.25, -0.2) is 4.79 Å². The van der Waals surface area contributed by atoms with Crippen molar-refractivity contribution in [2.24, 2.45) is 0 Å². The largest absolute Gasteiger partial charge is 0.490 e. The van der Waals surface area contributed by atoms with Gasteiger partial charge in [-0.05, 0) is 55.2 Å². The number of nitrogens with zero attached hydrogens (tertiary/aromatic N) is 1. The van der Waals surface area contributed by atoms with Gasteiger partial charge in [0.15, 0.2) is 11.5 Å². The number of likely N-dealkylation sites (tertiary alicyclic amines) is 1. The van der Waals surface area contributed by atoms with Crippen LogP contribution in [-0.2, 0) is 0 Å². The van der Waals surface area contributed by atoms with Gasteiger partial charge in [-0.1, -0.05) is 18.2 Å². The Labute approximate surface area is 153 Å². The van der Waals surface area contributed by atoms with Gasteiger partial charge in [-0.15, -0.1) is 0 Å². The summed E-state index contributed by atoms with van der Waals surface area (Å²) in [5, 5.41) is 3.03. The smallest absolute Gasteiger partial charge is 0.322 e. The second kappa shape index (κ2) is 7.28. The third-order valence-electron chi connectivity index (χ3n) is 4.94. The van der Waals surface area contributed by atoms with Crippen LogP contribution in [0.25, 0.3) is 0 Å². The van der Waals surface area contributed by atoms with Crippen molar-refractivity contribution in [3.8, 4) is 11.5 Å². The molecule has 2 aromatic carbocycles. The Kier molecular flexibility index (Phi) is 4.69. The first-order valence-corrected chi connectivity index (χ1v) is 9.24. The van der Waals surface area contributed by atoms with E-state index in [9.17, 15) is 4.79 Å². The maximum Gasteiger partial charge on any atom is 0.322 e. The summed E-state index contributed by atoms with van der Waals surface area (Å²) >= 11 is 0. The van der Waals surface area contributed by atoms with Crippen LogP contribution in [0, 0.1) is 6.92 Å². The maximum atomic E-state index is 12.8. The molecule has 0 radical (unpaired) electrons. The number of hydrogen-bond acceptors (Lipinski definition) is 3. The van der Waals surface area contributed by atoms with Crippen molar-refractivity contribution in [2.45, 2.75) is 32.2 Å². The lowest BCUT2D eigenvalue weighted by atomic mass is 10.0. The fraction of sp³-hybridized carbons (Fsp3) is 0.381. The zero-order chi connectivity index (χ0) is 17.9. The average Bonchev–Trinajstić information content (AvgIpc) is 3.01. The molecule has 2 aliphatic rings. The number of amides is 2. The minimum absolute atomic E-state index is 0.0507. The second-order valence-corrected chi connectivity index (χ2v) is 6.91. The fourth-order valence-corrected chi connectivity index (χ4v) is 3.66. The number of nitrogens with one attached hydrogen (secondary N) is 1. The Morgan fingerprint density at radius 3 is 2.77 bits per heavy atom. The van der Waals surface area contributed by atoms with Crippen LogP contribution in [0.1, 0.15) is 36.4 Å². The SMILES string of the molecule is Cc1cccc(NC(=O)N2CCC[C@@H]2c2ccc3c(c2)OCCCO3)c1. The quantitative estimate of drug-likeness (QED) is 0.864. The molecule has 2 heterocycles. The molecule has 1 N–H and O–H groups in total. The summed E-state index contributed by atoms with van der Waals surface area (Å²) in [5.74, 6) is 1.57. The van der Waals surface area contributed by atoms with Gasteiger partial charge in [0, 0.05) is 18.7 Å². The van der Waals surface area contributed by atoms with E-state index in [0.717, 1.165) is 54.1 Å². The van der Waals surface area contributed by atoms with Crippen LogP contribution < -0.4 is 14.8 Å². The first kappa shape index (κ1) is 16.8. The van der Waals surface area contributed by atoms with E-state index >= 15 is 0 Å². The Morgan fingerprint density at radius 1 is 1.08 bits per heavy atom. The van der Waals surface area contributed by atoms with Crippen molar-refractivity contribution in [1.82, 2.24) is 4.90 Å². The van der Waals surface area contributed by atoms with Gasteiger partial charge >= 0.3 is 6.03 Å². The molecule has 0 aliphatic carbocycles. The first-order chi connectivity index (χ1) is 12.7. The van der Waals surface area contributed by atoms with Crippen molar-refractivity contribution in [3.63, 3.8) is 0 Å². The molecule has 0 aromatic heterocycles. The number of rotatable bonds is 2. The zero-order valence-electron chi connectivity index (χ0n) is 15.0. The molecule has 0 bridgehead atoms. The number of fused-ring (bicyclic) bond motifs is 1. The Morgan fingerprint density at radius 2 is 1.92 bits per heavy atom. The van der Waals surface area contributed by atoms with Gasteiger partial charge in [0.05, 0.1) is 19.3 Å². The molecule has 0 unspecified atom stereocenters. The molecule has 0 spiro atoms. The van der Waals surface area contributed by atoms with E-state index in [4.69, 9.17) is 9.47 Å². The fourth-order valence-electron chi connectivity index (χ4n) is 3.66. The lowest BCUT2D eigenvalue weighted by Gasteiger charge is -2.26. The molecule has 2 amide bonds. The van der Waals surface area contributed by atoms with Gasteiger partial charge in [0.25, 0.3) is 0 Å². The van der Waals surface area contributed by atoms with Gasteiger partial charge in [-0.2, -0.15) is 0 Å². The Hall–Kier alpha value is -2.69. The molecule has 4 rings (SSSR count). The molecular weight excluding hydrogens is 328 g/mol. The average molecular weight is 352 g/mol. The van der Waals surface area contributed by atoms with Gasteiger partial charge < -0.3 is 19.7 Å². The highest BCUT2D eigenvalue weighted by Crippen LogP contribution is 2.38. The highest BCUT2D eigenvalue weighted by atomic mass is 16.5. The molecule has 5 nitrogen and oxygen atoms in total. The predicted octanol–water partition coefficient (Wildman–Crippen LogP) is 4.53. The molecule has 26 heavy (non-hydrogen) atoms. The standard InChI is InChI=1S/C21H24N2O3/c1-15-5-2-6-17(13-15)22-21(24)23-10-3-7-18(23)16-8-9-19-20(14-16)26-12-4-11-25-19/h2,5-6,8-9,13-14,18H,3-4,7,10-12H2,1H3,(H,22,24)/t18-/m1/s1. The minimum atomic E-state index is -0.0507. The molecule has 1 saturated heterocycles. The van der Waals surface area contributed by atoms with Crippen molar-refractivity contribution < 1.29 is 14.3 Å². The van der Waals surface area contributed by atoms with Gasteiger partial charge in [0.1, 0.15) is 0 Å². The number of carbonyl (C=O) groups is 1. The van der Waals surface area contributed by atoms with E-state index in [0.29, 0.717) is 13.2 Å². The number of urea groups is 1. The van der Waals surface area contributed by atoms with E-state index in [1.807, 2.05) is 48.2 Å². The van der Waals surface area contributed by atoms with Crippen molar-refractivity contribution in [1.29, 1.82) is 0 Å². The summed E-state index contributed by atoms with van der Waals surface area (Å²) in [5.41, 5.74) is 3.06. The van der Waals surface area contributed by atoms with Gasteiger partial charge in [-0.3, -0.25) is 0 Å². The highest BCUT2D eigenvalue weighted by Gasteiger charge is 2.31. The summed E-state index contributed by atoms with van der Waals surface area (Å²) in [6.45, 7) is 4.13. The third-order valence-corrected chi connectivity index (χ3v) is 4.94. The van der Waals surface area contributed by atoms with Crippen molar-refractivity contribution in [3.05, 3.63) is 53.6 Å². The predicted molar refractivity (Wildman–Crippen MR) is 101 cm³/mol. The molecular formula is C21H24N2O3. The summed E-state index contributed by atoms with van der Waals surface area (Å²) in [6.07, 6.45) is 2.85. The number of hydrogen-bond donors (Lipinski definition) is 1. The van der Waals surface area contributed by atoms with E-state index in [1.54, 1.807) is 0 Å². The number of benzene rings is 2. The lowest BCUT2D eigenvalue weighted by molar-refractivity contribution is 0.207. The van der Waals surface area contributed by atoms with Crippen LogP contribution in [0.15, 0.2) is 42.5 Å². The molecule has 1 atom stereocenters. The third kappa shape index (κ3) is 3.47. The number of carbonyl (C=O) groups excluding carboxylic acids is 1. The molecule has 1 fully saturated rings. The van der Waals surface area contributed by atoms with Crippen molar-refractivity contribution >= 4 is 11.7 Å².